The number of carbonyl (C=O) groups excluding carboxylic acids is 2. The highest BCUT2D eigenvalue weighted by Crippen LogP contribution is 2.29. The third-order valence-electron chi connectivity index (χ3n) is 4.50. The highest BCUT2D eigenvalue weighted by molar-refractivity contribution is 5.99. The van der Waals surface area contributed by atoms with Crippen LogP contribution in [0.5, 0.6) is 0 Å². The van der Waals surface area contributed by atoms with E-state index in [1.807, 2.05) is 4.90 Å². The zero-order valence-corrected chi connectivity index (χ0v) is 14.7. The first-order chi connectivity index (χ1) is 12.8. The van der Waals surface area contributed by atoms with Gasteiger partial charge in [0.25, 0.3) is 5.91 Å². The van der Waals surface area contributed by atoms with Crippen molar-refractivity contribution in [2.45, 2.75) is 19.5 Å². The molecule has 3 heterocycles. The van der Waals surface area contributed by atoms with Gasteiger partial charge in [-0.3, -0.25) is 9.59 Å². The fraction of sp³-hybridized carbons (Fsp3) is 0.389. The largest absolute Gasteiger partial charge is 0.417 e. The molecule has 2 aromatic rings. The van der Waals surface area contributed by atoms with Crippen molar-refractivity contribution in [3.8, 4) is 0 Å². The standard InChI is InChI=1S/C18H19F3N4O2/c1-12(26)13-9-15(22-10-13)17(27)25-6-2-5-24(7-8-25)16-4-3-14(11-23-16)18(19,20)21/h3-4,9-11,22H,2,5-8H2,1H3. The van der Waals surface area contributed by atoms with Crippen molar-refractivity contribution >= 4 is 17.5 Å². The summed E-state index contributed by atoms with van der Waals surface area (Å²) < 4.78 is 38.0. The number of nitrogens with one attached hydrogen (secondary N) is 1. The minimum atomic E-state index is -4.41. The molecular formula is C18H19F3N4O2. The van der Waals surface area contributed by atoms with Crippen molar-refractivity contribution < 1.29 is 22.8 Å². The number of aromatic amines is 1. The van der Waals surface area contributed by atoms with Gasteiger partial charge in [0.15, 0.2) is 5.78 Å². The van der Waals surface area contributed by atoms with E-state index >= 15 is 0 Å². The summed E-state index contributed by atoms with van der Waals surface area (Å²) in [5.41, 5.74) is 0.0101. The molecule has 2 aromatic heterocycles. The number of ketones is 1. The average Bonchev–Trinajstić information content (AvgIpc) is 2.99. The van der Waals surface area contributed by atoms with Crippen LogP contribution in [0.3, 0.4) is 0 Å². The first-order valence-corrected chi connectivity index (χ1v) is 8.52. The number of amides is 1. The van der Waals surface area contributed by atoms with Crippen molar-refractivity contribution in [3.63, 3.8) is 0 Å². The maximum Gasteiger partial charge on any atom is 0.417 e. The summed E-state index contributed by atoms with van der Waals surface area (Å²) >= 11 is 0. The molecule has 1 N–H and O–H groups in total. The molecule has 0 unspecified atom stereocenters. The van der Waals surface area contributed by atoms with E-state index in [9.17, 15) is 22.8 Å². The summed E-state index contributed by atoms with van der Waals surface area (Å²) in [6.45, 7) is 3.41. The van der Waals surface area contributed by atoms with Gasteiger partial charge in [0, 0.05) is 44.1 Å². The van der Waals surface area contributed by atoms with Gasteiger partial charge < -0.3 is 14.8 Å². The lowest BCUT2D eigenvalue weighted by Gasteiger charge is -2.23. The Balaban J connectivity index is 1.66. The fourth-order valence-corrected chi connectivity index (χ4v) is 2.98. The van der Waals surface area contributed by atoms with Crippen LogP contribution in [0.25, 0.3) is 0 Å². The van der Waals surface area contributed by atoms with Crippen LogP contribution in [0.2, 0.25) is 0 Å². The third kappa shape index (κ3) is 4.29. The van der Waals surface area contributed by atoms with Crippen molar-refractivity contribution in [1.82, 2.24) is 14.9 Å². The van der Waals surface area contributed by atoms with Crippen LogP contribution in [0, 0.1) is 0 Å². The van der Waals surface area contributed by atoms with Crippen LogP contribution in [-0.4, -0.2) is 52.7 Å². The molecule has 1 aliphatic rings. The fourth-order valence-electron chi connectivity index (χ4n) is 2.98. The van der Waals surface area contributed by atoms with E-state index in [0.29, 0.717) is 49.7 Å². The maximum absolute atomic E-state index is 12.7. The number of H-pyrrole nitrogens is 1. The molecule has 9 heteroatoms. The Morgan fingerprint density at radius 3 is 2.52 bits per heavy atom. The molecule has 1 aliphatic heterocycles. The SMILES string of the molecule is CC(=O)c1c[nH]c(C(=O)N2CCCN(c3ccc(C(F)(F)F)cn3)CC2)c1. The summed E-state index contributed by atoms with van der Waals surface area (Å²) in [6.07, 6.45) is -1.42. The lowest BCUT2D eigenvalue weighted by Crippen LogP contribution is -2.35. The Hall–Kier alpha value is -2.84. The number of carbonyl (C=O) groups is 2. The molecule has 3 rings (SSSR count). The summed E-state index contributed by atoms with van der Waals surface area (Å²) in [6, 6.07) is 3.90. The minimum Gasteiger partial charge on any atom is -0.356 e. The predicted octanol–water partition coefficient (Wildman–Crippen LogP) is 2.98. The number of rotatable bonds is 3. The highest BCUT2D eigenvalue weighted by Gasteiger charge is 2.31. The number of Topliss-reactive ketones (excluding diaryl/α,β-unsaturated/α-hetero) is 1. The molecule has 0 atom stereocenters. The number of nitrogens with zero attached hydrogens (tertiary/aromatic N) is 3. The van der Waals surface area contributed by atoms with Crippen LogP contribution in [0.1, 0.15) is 39.8 Å². The van der Waals surface area contributed by atoms with E-state index < -0.39 is 11.7 Å². The van der Waals surface area contributed by atoms with Crippen molar-refractivity contribution in [3.05, 3.63) is 47.4 Å². The smallest absolute Gasteiger partial charge is 0.356 e. The summed E-state index contributed by atoms with van der Waals surface area (Å²) in [7, 11) is 0. The van der Waals surface area contributed by atoms with Crippen LogP contribution in [-0.2, 0) is 6.18 Å². The second-order valence-corrected chi connectivity index (χ2v) is 6.39. The van der Waals surface area contributed by atoms with Gasteiger partial charge >= 0.3 is 6.18 Å². The Morgan fingerprint density at radius 2 is 1.93 bits per heavy atom. The van der Waals surface area contributed by atoms with Gasteiger partial charge in [0.1, 0.15) is 11.5 Å². The molecule has 0 aliphatic carbocycles. The molecule has 0 bridgehead atoms. The molecular weight excluding hydrogens is 361 g/mol. The number of pyridine rings is 1. The number of halogens is 3. The van der Waals surface area contributed by atoms with Crippen LogP contribution in [0.4, 0.5) is 19.0 Å². The number of hydrogen-bond donors (Lipinski definition) is 1. The van der Waals surface area contributed by atoms with E-state index in [1.165, 1.54) is 25.3 Å². The molecule has 1 amide bonds. The molecule has 0 radical (unpaired) electrons. The summed E-state index contributed by atoms with van der Waals surface area (Å²) in [4.78, 5) is 34.3. The van der Waals surface area contributed by atoms with E-state index in [1.54, 1.807) is 4.90 Å². The highest BCUT2D eigenvalue weighted by atomic mass is 19.4. The normalized spacial score (nSPS) is 15.6. The zero-order chi connectivity index (χ0) is 19.6. The van der Waals surface area contributed by atoms with Crippen LogP contribution in [0.15, 0.2) is 30.6 Å². The molecule has 0 aromatic carbocycles. The first-order valence-electron chi connectivity index (χ1n) is 8.52. The Bertz CT molecular complexity index is 830. The van der Waals surface area contributed by atoms with Gasteiger partial charge in [-0.15, -0.1) is 0 Å². The molecule has 27 heavy (non-hydrogen) atoms. The number of aromatic nitrogens is 2. The van der Waals surface area contributed by atoms with Crippen molar-refractivity contribution in [2.75, 3.05) is 31.1 Å². The van der Waals surface area contributed by atoms with Gasteiger partial charge in [-0.1, -0.05) is 0 Å². The quantitative estimate of drug-likeness (QED) is 0.832. The summed E-state index contributed by atoms with van der Waals surface area (Å²) in [5.74, 6) is 0.126. The van der Waals surface area contributed by atoms with Gasteiger partial charge in [-0.05, 0) is 31.5 Å². The number of anilines is 1. The monoisotopic (exact) mass is 380 g/mol. The van der Waals surface area contributed by atoms with Gasteiger partial charge in [-0.25, -0.2) is 4.98 Å². The minimum absolute atomic E-state index is 0.124. The van der Waals surface area contributed by atoms with Crippen LogP contribution < -0.4 is 4.90 Å². The summed E-state index contributed by atoms with van der Waals surface area (Å²) in [5, 5.41) is 0. The molecule has 144 valence electrons. The molecule has 6 nitrogen and oxygen atoms in total. The average molecular weight is 380 g/mol. The maximum atomic E-state index is 12.7. The Labute approximate surface area is 154 Å². The second kappa shape index (κ2) is 7.42. The van der Waals surface area contributed by atoms with Crippen molar-refractivity contribution in [1.29, 1.82) is 0 Å². The van der Waals surface area contributed by atoms with E-state index in [0.717, 1.165) is 12.3 Å². The number of alkyl halides is 3. The third-order valence-corrected chi connectivity index (χ3v) is 4.50. The van der Waals surface area contributed by atoms with Gasteiger partial charge in [-0.2, -0.15) is 13.2 Å². The van der Waals surface area contributed by atoms with Gasteiger partial charge in [0.2, 0.25) is 0 Å². The molecule has 0 spiro atoms. The lowest BCUT2D eigenvalue weighted by atomic mass is 10.2. The second-order valence-electron chi connectivity index (χ2n) is 6.39. The first kappa shape index (κ1) is 18.9. The molecule has 1 saturated heterocycles. The van der Waals surface area contributed by atoms with Gasteiger partial charge in [0.05, 0.1) is 5.56 Å². The number of hydrogen-bond acceptors (Lipinski definition) is 4. The predicted molar refractivity (Wildman–Crippen MR) is 92.8 cm³/mol. The van der Waals surface area contributed by atoms with Crippen molar-refractivity contribution in [2.24, 2.45) is 0 Å². The molecule has 1 fully saturated rings. The van der Waals surface area contributed by atoms with E-state index in [2.05, 4.69) is 9.97 Å². The van der Waals surface area contributed by atoms with E-state index in [-0.39, 0.29) is 11.7 Å². The topological polar surface area (TPSA) is 69.3 Å². The lowest BCUT2D eigenvalue weighted by molar-refractivity contribution is -0.137. The zero-order valence-electron chi connectivity index (χ0n) is 14.7. The molecule has 0 saturated carbocycles. The Morgan fingerprint density at radius 1 is 1.15 bits per heavy atom. The Kier molecular flexibility index (Phi) is 5.20. The van der Waals surface area contributed by atoms with Crippen LogP contribution >= 0.6 is 0 Å². The van der Waals surface area contributed by atoms with E-state index in [4.69, 9.17) is 0 Å².